The van der Waals surface area contributed by atoms with Crippen LogP contribution >= 0.6 is 0 Å². The molecule has 30 heavy (non-hydrogen) atoms. The Balaban J connectivity index is 0.000000997. The molecule has 0 fully saturated rings. The summed E-state index contributed by atoms with van der Waals surface area (Å²) in [5, 5.41) is 11.1. The molecule has 0 saturated carbocycles. The monoisotopic (exact) mass is 420 g/mol. The van der Waals surface area contributed by atoms with E-state index in [4.69, 9.17) is 4.42 Å². The SMILES string of the molecule is CC(=O)CC(c1ccccc1)c1c(O)c2ccccc2oc1=O.CCOC(C)=O.[H-].[Na+]. The smallest absolute Gasteiger partial charge is 1.00 e. The second-order valence-corrected chi connectivity index (χ2v) is 6.44. The molecule has 0 bridgehead atoms. The van der Waals surface area contributed by atoms with E-state index in [1.54, 1.807) is 31.2 Å². The summed E-state index contributed by atoms with van der Waals surface area (Å²) in [6.45, 7) is 5.12. The Morgan fingerprint density at radius 2 is 1.67 bits per heavy atom. The first-order valence-corrected chi connectivity index (χ1v) is 9.27. The number of carbonyl (C=O) groups excluding carboxylic acids is 2. The zero-order valence-corrected chi connectivity index (χ0v) is 19.7. The van der Waals surface area contributed by atoms with Gasteiger partial charge in [-0.15, -0.1) is 0 Å². The van der Waals surface area contributed by atoms with Crippen LogP contribution in [0, 0.1) is 0 Å². The summed E-state index contributed by atoms with van der Waals surface area (Å²) < 4.78 is 9.73. The van der Waals surface area contributed by atoms with Gasteiger partial charge in [-0.05, 0) is 31.5 Å². The number of hydrogen-bond donors (Lipinski definition) is 1. The molecule has 1 N–H and O–H groups in total. The molecule has 0 aliphatic rings. The molecule has 1 aromatic heterocycles. The average molecular weight is 420 g/mol. The molecule has 0 aliphatic heterocycles. The zero-order valence-electron chi connectivity index (χ0n) is 18.7. The van der Waals surface area contributed by atoms with Crippen molar-refractivity contribution in [2.45, 2.75) is 33.1 Å². The minimum absolute atomic E-state index is 0. The number of ether oxygens (including phenoxy) is 1. The Hall–Kier alpha value is -2.41. The van der Waals surface area contributed by atoms with Crippen LogP contribution < -0.4 is 35.2 Å². The Morgan fingerprint density at radius 3 is 2.20 bits per heavy atom. The standard InChI is InChI=1S/C19H16O4.C4H8O2.Na.H/c1-12(20)11-15(13-7-3-2-4-8-13)17-18(21)14-9-5-6-10-16(14)23-19(17)22;1-3-6-4(2)5;;/h2-10,15,21H,11H2,1H3;3H2,1-2H3;;/q;;+1;-1. The molecule has 1 unspecified atom stereocenters. The maximum atomic E-state index is 12.4. The van der Waals surface area contributed by atoms with E-state index < -0.39 is 11.5 Å². The van der Waals surface area contributed by atoms with Gasteiger partial charge in [0.15, 0.2) is 0 Å². The quantitative estimate of drug-likeness (QED) is 0.380. The number of ketones is 1. The van der Waals surface area contributed by atoms with E-state index >= 15 is 0 Å². The van der Waals surface area contributed by atoms with Crippen LogP contribution in [-0.2, 0) is 14.3 Å². The van der Waals surface area contributed by atoms with E-state index in [2.05, 4.69) is 4.74 Å². The summed E-state index contributed by atoms with van der Waals surface area (Å²) in [5.41, 5.74) is 0.635. The van der Waals surface area contributed by atoms with Crippen molar-refractivity contribution >= 4 is 22.7 Å². The van der Waals surface area contributed by atoms with E-state index in [1.165, 1.54) is 13.8 Å². The summed E-state index contributed by atoms with van der Waals surface area (Å²) >= 11 is 0. The van der Waals surface area contributed by atoms with Crippen molar-refractivity contribution in [1.29, 1.82) is 0 Å². The molecule has 2 aromatic carbocycles. The molecule has 0 spiro atoms. The van der Waals surface area contributed by atoms with Crippen LogP contribution in [-0.4, -0.2) is 23.5 Å². The number of hydrogen-bond acceptors (Lipinski definition) is 6. The maximum Gasteiger partial charge on any atom is 1.00 e. The molecular weight excluding hydrogens is 395 g/mol. The number of aromatic hydroxyl groups is 1. The van der Waals surface area contributed by atoms with Crippen molar-refractivity contribution < 1.29 is 54.8 Å². The molecule has 0 radical (unpaired) electrons. The molecule has 1 heterocycles. The predicted molar refractivity (Wildman–Crippen MR) is 111 cm³/mol. The summed E-state index contributed by atoms with van der Waals surface area (Å²) in [7, 11) is 0. The van der Waals surface area contributed by atoms with Gasteiger partial charge in [0, 0.05) is 19.3 Å². The van der Waals surface area contributed by atoms with Crippen molar-refractivity contribution in [2.24, 2.45) is 0 Å². The van der Waals surface area contributed by atoms with E-state index in [1.807, 2.05) is 30.3 Å². The minimum Gasteiger partial charge on any atom is -1.00 e. The van der Waals surface area contributed by atoms with Crippen LogP contribution in [0.15, 0.2) is 63.8 Å². The summed E-state index contributed by atoms with van der Waals surface area (Å²) in [4.78, 5) is 33.9. The number of Topliss-reactive ketones (excluding diaryl/α,β-unsaturated/α-hetero) is 1. The van der Waals surface area contributed by atoms with Crippen molar-refractivity contribution in [3.8, 4) is 5.75 Å². The Kier molecular flexibility index (Phi) is 10.5. The molecule has 1 atom stereocenters. The molecular formula is C23H25NaO6. The Morgan fingerprint density at radius 1 is 1.07 bits per heavy atom. The molecule has 154 valence electrons. The topological polar surface area (TPSA) is 93.8 Å². The minimum atomic E-state index is -0.615. The van der Waals surface area contributed by atoms with Gasteiger partial charge in [0.2, 0.25) is 0 Å². The molecule has 6 nitrogen and oxygen atoms in total. The third-order valence-corrected chi connectivity index (χ3v) is 4.21. The second-order valence-electron chi connectivity index (χ2n) is 6.44. The van der Waals surface area contributed by atoms with Crippen LogP contribution in [0.2, 0.25) is 0 Å². The molecule has 3 aromatic rings. The van der Waals surface area contributed by atoms with Gasteiger partial charge in [0.1, 0.15) is 17.1 Å². The maximum absolute atomic E-state index is 12.4. The number of para-hydroxylation sites is 1. The molecule has 0 aliphatic carbocycles. The first-order valence-electron chi connectivity index (χ1n) is 9.27. The Bertz CT molecular complexity index is 1050. The van der Waals surface area contributed by atoms with E-state index in [9.17, 15) is 19.5 Å². The van der Waals surface area contributed by atoms with Crippen LogP contribution in [0.1, 0.15) is 45.7 Å². The molecule has 3 rings (SSSR count). The van der Waals surface area contributed by atoms with Crippen molar-refractivity contribution in [3.63, 3.8) is 0 Å². The van der Waals surface area contributed by atoms with Gasteiger partial charge in [0.05, 0.1) is 17.6 Å². The Labute approximate surface area is 198 Å². The molecule has 0 amide bonds. The fourth-order valence-corrected chi connectivity index (χ4v) is 3.02. The van der Waals surface area contributed by atoms with Gasteiger partial charge in [-0.3, -0.25) is 9.59 Å². The van der Waals surface area contributed by atoms with E-state index in [0.29, 0.717) is 17.6 Å². The van der Waals surface area contributed by atoms with Crippen molar-refractivity contribution in [1.82, 2.24) is 0 Å². The zero-order chi connectivity index (χ0) is 21.4. The van der Waals surface area contributed by atoms with E-state index in [-0.39, 0.29) is 60.5 Å². The van der Waals surface area contributed by atoms with E-state index in [0.717, 1.165) is 5.56 Å². The molecule has 0 saturated heterocycles. The van der Waals surface area contributed by atoms with Gasteiger partial charge < -0.3 is 15.7 Å². The van der Waals surface area contributed by atoms with Gasteiger partial charge in [-0.2, -0.15) is 0 Å². The van der Waals surface area contributed by atoms with Crippen molar-refractivity contribution in [3.05, 3.63) is 76.1 Å². The average Bonchev–Trinajstić information content (AvgIpc) is 2.68. The third kappa shape index (κ3) is 6.83. The van der Waals surface area contributed by atoms with Crippen LogP contribution in [0.5, 0.6) is 5.75 Å². The summed E-state index contributed by atoms with van der Waals surface area (Å²) in [6.07, 6.45) is 0.126. The predicted octanol–water partition coefficient (Wildman–Crippen LogP) is 1.30. The number of esters is 1. The van der Waals surface area contributed by atoms with Crippen molar-refractivity contribution in [2.75, 3.05) is 6.61 Å². The number of rotatable bonds is 5. The third-order valence-electron chi connectivity index (χ3n) is 4.21. The first kappa shape index (κ1) is 25.6. The van der Waals surface area contributed by atoms with Gasteiger partial charge in [-0.1, -0.05) is 42.5 Å². The van der Waals surface area contributed by atoms with Crippen LogP contribution in [0.3, 0.4) is 0 Å². The summed E-state index contributed by atoms with van der Waals surface area (Å²) in [6, 6.07) is 16.0. The number of benzene rings is 2. The number of fused-ring (bicyclic) bond motifs is 1. The van der Waals surface area contributed by atoms with Gasteiger partial charge >= 0.3 is 41.2 Å². The normalized spacial score (nSPS) is 10.9. The van der Waals surface area contributed by atoms with Gasteiger partial charge in [-0.25, -0.2) is 4.79 Å². The molecule has 7 heteroatoms. The van der Waals surface area contributed by atoms with Crippen LogP contribution in [0.25, 0.3) is 11.0 Å². The second kappa shape index (κ2) is 12.3. The summed E-state index contributed by atoms with van der Waals surface area (Å²) in [5.74, 6) is -0.926. The fraction of sp³-hybridized carbons (Fsp3) is 0.261. The van der Waals surface area contributed by atoms with Crippen LogP contribution in [0.4, 0.5) is 0 Å². The first-order chi connectivity index (χ1) is 13.8. The van der Waals surface area contributed by atoms with Gasteiger partial charge in [0.25, 0.3) is 0 Å². The fourth-order valence-electron chi connectivity index (χ4n) is 3.02. The largest absolute Gasteiger partial charge is 1.00 e. The number of carbonyl (C=O) groups is 2.